The monoisotopic (exact) mass is 351 g/mol. The normalized spacial score (nSPS) is 16.2. The summed E-state index contributed by atoms with van der Waals surface area (Å²) < 4.78 is 2.10. The predicted octanol–water partition coefficient (Wildman–Crippen LogP) is 1.75. The van der Waals surface area contributed by atoms with Crippen LogP contribution in [-0.4, -0.2) is 38.0 Å². The SMILES string of the molecule is C=C1c2ccccc2C(=O)N1CC(=O)NCc1nnc2n1CCCCC2. The largest absolute Gasteiger partial charge is 0.347 e. The van der Waals surface area contributed by atoms with Crippen molar-refractivity contribution in [2.45, 2.75) is 38.8 Å². The summed E-state index contributed by atoms with van der Waals surface area (Å²) in [7, 11) is 0. The van der Waals surface area contributed by atoms with Gasteiger partial charge in [-0.1, -0.05) is 31.2 Å². The molecule has 3 heterocycles. The fraction of sp³-hybridized carbons (Fsp3) is 0.368. The molecule has 4 rings (SSSR count). The third-order valence-electron chi connectivity index (χ3n) is 4.97. The van der Waals surface area contributed by atoms with Gasteiger partial charge in [-0.15, -0.1) is 10.2 Å². The van der Waals surface area contributed by atoms with Crippen LogP contribution < -0.4 is 5.32 Å². The highest BCUT2D eigenvalue weighted by atomic mass is 16.2. The molecular weight excluding hydrogens is 330 g/mol. The number of benzene rings is 1. The first kappa shape index (κ1) is 16.5. The maximum atomic E-state index is 12.5. The number of nitrogens with zero attached hydrogens (tertiary/aromatic N) is 4. The molecule has 0 saturated carbocycles. The summed E-state index contributed by atoms with van der Waals surface area (Å²) in [6.45, 7) is 5.11. The number of hydrogen-bond acceptors (Lipinski definition) is 4. The Labute approximate surface area is 151 Å². The van der Waals surface area contributed by atoms with E-state index in [4.69, 9.17) is 0 Å². The second-order valence-electron chi connectivity index (χ2n) is 6.66. The minimum absolute atomic E-state index is 0.0483. The lowest BCUT2D eigenvalue weighted by molar-refractivity contribution is -0.121. The molecule has 2 aromatic rings. The van der Waals surface area contributed by atoms with Crippen molar-refractivity contribution in [3.05, 3.63) is 53.6 Å². The Bertz CT molecular complexity index is 851. The van der Waals surface area contributed by atoms with Gasteiger partial charge in [0.1, 0.15) is 12.4 Å². The molecule has 1 aromatic carbocycles. The molecular formula is C19H21N5O2. The smallest absolute Gasteiger partial charge is 0.259 e. The van der Waals surface area contributed by atoms with Crippen molar-refractivity contribution in [3.63, 3.8) is 0 Å². The lowest BCUT2D eigenvalue weighted by atomic mass is 10.1. The van der Waals surface area contributed by atoms with Gasteiger partial charge in [0.2, 0.25) is 5.91 Å². The topological polar surface area (TPSA) is 80.1 Å². The lowest BCUT2D eigenvalue weighted by Crippen LogP contribution is -2.37. The summed E-state index contributed by atoms with van der Waals surface area (Å²) >= 11 is 0. The number of aromatic nitrogens is 3. The summed E-state index contributed by atoms with van der Waals surface area (Å²) in [5.41, 5.74) is 1.94. The van der Waals surface area contributed by atoms with E-state index in [1.807, 2.05) is 18.2 Å². The van der Waals surface area contributed by atoms with Gasteiger partial charge >= 0.3 is 0 Å². The Balaban J connectivity index is 1.39. The number of hydrogen-bond donors (Lipinski definition) is 1. The maximum absolute atomic E-state index is 12.5. The van der Waals surface area contributed by atoms with Crippen molar-refractivity contribution in [2.24, 2.45) is 0 Å². The van der Waals surface area contributed by atoms with Crippen LogP contribution in [0.1, 0.15) is 46.8 Å². The second kappa shape index (κ2) is 6.74. The standard InChI is InChI=1S/C19H21N5O2/c1-13-14-7-4-5-8-15(14)19(26)24(13)12-18(25)20-11-17-22-21-16-9-3-2-6-10-23(16)17/h4-5,7-8H,1-3,6,9-12H2,(H,20,25). The third kappa shape index (κ3) is 2.89. The number of rotatable bonds is 4. The van der Waals surface area contributed by atoms with Crippen LogP contribution in [0.5, 0.6) is 0 Å². The van der Waals surface area contributed by atoms with Crippen molar-refractivity contribution in [2.75, 3.05) is 6.54 Å². The third-order valence-corrected chi connectivity index (χ3v) is 4.97. The van der Waals surface area contributed by atoms with Crippen LogP contribution in [0.4, 0.5) is 0 Å². The second-order valence-corrected chi connectivity index (χ2v) is 6.66. The van der Waals surface area contributed by atoms with Crippen LogP contribution in [0.15, 0.2) is 30.8 Å². The molecule has 0 atom stereocenters. The summed E-state index contributed by atoms with van der Waals surface area (Å²) in [6, 6.07) is 7.27. The van der Waals surface area contributed by atoms with E-state index < -0.39 is 0 Å². The number of aryl methyl sites for hydroxylation is 1. The van der Waals surface area contributed by atoms with E-state index in [9.17, 15) is 9.59 Å². The van der Waals surface area contributed by atoms with Crippen molar-refractivity contribution < 1.29 is 9.59 Å². The molecule has 134 valence electrons. The predicted molar refractivity (Wildman–Crippen MR) is 95.9 cm³/mol. The van der Waals surface area contributed by atoms with E-state index in [-0.39, 0.29) is 18.4 Å². The van der Waals surface area contributed by atoms with Gasteiger partial charge in [0.05, 0.1) is 6.54 Å². The van der Waals surface area contributed by atoms with Gasteiger partial charge in [-0.05, 0) is 18.9 Å². The van der Waals surface area contributed by atoms with Crippen LogP contribution in [0, 0.1) is 0 Å². The van der Waals surface area contributed by atoms with Gasteiger partial charge in [-0.2, -0.15) is 0 Å². The maximum Gasteiger partial charge on any atom is 0.259 e. The molecule has 0 unspecified atom stereocenters. The van der Waals surface area contributed by atoms with Gasteiger partial charge in [0.25, 0.3) is 5.91 Å². The highest BCUT2D eigenvalue weighted by Gasteiger charge is 2.31. The molecule has 0 aliphatic carbocycles. The van der Waals surface area contributed by atoms with Crippen molar-refractivity contribution in [1.29, 1.82) is 0 Å². The molecule has 2 amide bonds. The summed E-state index contributed by atoms with van der Waals surface area (Å²) in [6.07, 6.45) is 4.35. The molecule has 0 saturated heterocycles. The van der Waals surface area contributed by atoms with Crippen LogP contribution in [-0.2, 0) is 24.3 Å². The Kier molecular flexibility index (Phi) is 4.28. The Morgan fingerprint density at radius 3 is 2.77 bits per heavy atom. The van der Waals surface area contributed by atoms with Gasteiger partial charge in [-0.3, -0.25) is 14.5 Å². The molecule has 7 heteroatoms. The van der Waals surface area contributed by atoms with E-state index in [0.717, 1.165) is 43.0 Å². The Morgan fingerprint density at radius 1 is 1.15 bits per heavy atom. The number of nitrogens with one attached hydrogen (secondary N) is 1. The average Bonchev–Trinajstić information content (AvgIpc) is 3.02. The summed E-state index contributed by atoms with van der Waals surface area (Å²) in [5, 5.41) is 11.3. The van der Waals surface area contributed by atoms with E-state index >= 15 is 0 Å². The van der Waals surface area contributed by atoms with Crippen molar-refractivity contribution in [3.8, 4) is 0 Å². The van der Waals surface area contributed by atoms with Crippen LogP contribution >= 0.6 is 0 Å². The molecule has 2 aliphatic rings. The van der Waals surface area contributed by atoms with Gasteiger partial charge in [0.15, 0.2) is 5.82 Å². The van der Waals surface area contributed by atoms with E-state index in [1.165, 1.54) is 11.3 Å². The Hall–Kier alpha value is -2.96. The fourth-order valence-electron chi connectivity index (χ4n) is 3.56. The molecule has 1 aromatic heterocycles. The van der Waals surface area contributed by atoms with Gasteiger partial charge < -0.3 is 9.88 Å². The van der Waals surface area contributed by atoms with E-state index in [2.05, 4.69) is 26.7 Å². The molecule has 26 heavy (non-hydrogen) atoms. The van der Waals surface area contributed by atoms with E-state index in [1.54, 1.807) is 6.07 Å². The molecule has 0 radical (unpaired) electrons. The van der Waals surface area contributed by atoms with E-state index in [0.29, 0.717) is 17.8 Å². The summed E-state index contributed by atoms with van der Waals surface area (Å²) in [5.74, 6) is 1.34. The molecule has 7 nitrogen and oxygen atoms in total. The minimum atomic E-state index is -0.238. The zero-order valence-corrected chi connectivity index (χ0v) is 14.6. The zero-order valence-electron chi connectivity index (χ0n) is 14.6. The number of amides is 2. The molecule has 0 fully saturated rings. The minimum Gasteiger partial charge on any atom is -0.347 e. The molecule has 0 bridgehead atoms. The highest BCUT2D eigenvalue weighted by molar-refractivity contribution is 6.10. The molecule has 2 aliphatic heterocycles. The molecule has 0 spiro atoms. The van der Waals surface area contributed by atoms with Crippen LogP contribution in [0.25, 0.3) is 5.70 Å². The van der Waals surface area contributed by atoms with Gasteiger partial charge in [0, 0.05) is 29.8 Å². The zero-order chi connectivity index (χ0) is 18.1. The summed E-state index contributed by atoms with van der Waals surface area (Å²) in [4.78, 5) is 26.3. The fourth-order valence-corrected chi connectivity index (χ4v) is 3.56. The number of carbonyl (C=O) groups is 2. The van der Waals surface area contributed by atoms with Gasteiger partial charge in [-0.25, -0.2) is 0 Å². The first-order valence-corrected chi connectivity index (χ1v) is 8.93. The Morgan fingerprint density at radius 2 is 1.96 bits per heavy atom. The highest BCUT2D eigenvalue weighted by Crippen LogP contribution is 2.30. The number of carbonyl (C=O) groups excluding carboxylic acids is 2. The quantitative estimate of drug-likeness (QED) is 0.910. The van der Waals surface area contributed by atoms with Crippen LogP contribution in [0.2, 0.25) is 0 Å². The van der Waals surface area contributed by atoms with Crippen molar-refractivity contribution in [1.82, 2.24) is 25.0 Å². The first-order chi connectivity index (χ1) is 12.6. The lowest BCUT2D eigenvalue weighted by Gasteiger charge is -2.17. The average molecular weight is 351 g/mol. The number of fused-ring (bicyclic) bond motifs is 2. The van der Waals surface area contributed by atoms with Crippen molar-refractivity contribution >= 4 is 17.5 Å². The molecule has 1 N–H and O–H groups in total. The first-order valence-electron chi connectivity index (χ1n) is 8.93. The van der Waals surface area contributed by atoms with Crippen LogP contribution in [0.3, 0.4) is 0 Å².